The molecule has 0 N–H and O–H groups in total. The van der Waals surface area contributed by atoms with E-state index in [2.05, 4.69) is 92.0 Å². The molecule has 3 heteroatoms. The highest BCUT2D eigenvalue weighted by atomic mass is 79.9. The van der Waals surface area contributed by atoms with Gasteiger partial charge in [-0.3, -0.25) is 0 Å². The lowest BCUT2D eigenvalue weighted by molar-refractivity contribution is 1.14. The lowest BCUT2D eigenvalue weighted by atomic mass is 10.0. The number of hydrogen-bond donors (Lipinski definition) is 0. The van der Waals surface area contributed by atoms with Gasteiger partial charge in [0.25, 0.3) is 0 Å². The molecule has 94 valence electrons. The molecular weight excluding hydrogens is 420 g/mol. The summed E-state index contributed by atoms with van der Waals surface area (Å²) >= 11 is 10.9. The van der Waals surface area contributed by atoms with E-state index in [4.69, 9.17) is 0 Å². The maximum absolute atomic E-state index is 3.79. The van der Waals surface area contributed by atoms with Crippen LogP contribution in [0.3, 0.4) is 0 Å². The fraction of sp³-hybridized carbons (Fsp3) is 0.200. The zero-order valence-corrected chi connectivity index (χ0v) is 14.9. The van der Waals surface area contributed by atoms with Gasteiger partial charge in [-0.1, -0.05) is 66.0 Å². The van der Waals surface area contributed by atoms with Crippen molar-refractivity contribution in [2.75, 3.05) is 0 Å². The van der Waals surface area contributed by atoms with E-state index in [0.29, 0.717) is 0 Å². The normalized spacial score (nSPS) is 12.5. The molecule has 0 heterocycles. The topological polar surface area (TPSA) is 0 Å². The van der Waals surface area contributed by atoms with Crippen LogP contribution in [0.25, 0.3) is 0 Å². The number of rotatable bonds is 2. The van der Waals surface area contributed by atoms with Gasteiger partial charge in [-0.05, 0) is 54.3 Å². The fourth-order valence-electron chi connectivity index (χ4n) is 1.81. The van der Waals surface area contributed by atoms with Gasteiger partial charge in [-0.15, -0.1) is 0 Å². The lowest BCUT2D eigenvalue weighted by Crippen LogP contribution is -1.95. The molecule has 18 heavy (non-hydrogen) atoms. The van der Waals surface area contributed by atoms with Gasteiger partial charge in [0.05, 0.1) is 4.83 Å². The molecule has 2 rings (SSSR count). The molecule has 2 aromatic carbocycles. The van der Waals surface area contributed by atoms with Crippen LogP contribution < -0.4 is 0 Å². The molecule has 0 saturated heterocycles. The van der Waals surface area contributed by atoms with Gasteiger partial charge >= 0.3 is 0 Å². The van der Waals surface area contributed by atoms with Crippen LogP contribution in [0.2, 0.25) is 0 Å². The van der Waals surface area contributed by atoms with E-state index in [0.717, 1.165) is 8.95 Å². The summed E-state index contributed by atoms with van der Waals surface area (Å²) in [6, 6.07) is 12.8. The van der Waals surface area contributed by atoms with Crippen LogP contribution in [0.4, 0.5) is 0 Å². The molecule has 0 aliphatic carbocycles. The van der Waals surface area contributed by atoms with Crippen LogP contribution in [0.1, 0.15) is 27.1 Å². The summed E-state index contributed by atoms with van der Waals surface area (Å²) in [4.78, 5) is 0.198. The Morgan fingerprint density at radius 1 is 0.889 bits per heavy atom. The standard InChI is InChI=1S/C15H13Br3/c1-9-3-4-11(7-10(9)2)15(18)13-8-12(16)5-6-14(13)17/h3-8,15H,1-2H3. The van der Waals surface area contributed by atoms with Gasteiger partial charge in [0.1, 0.15) is 0 Å². The Morgan fingerprint density at radius 3 is 2.28 bits per heavy atom. The van der Waals surface area contributed by atoms with Gasteiger partial charge in [-0.2, -0.15) is 0 Å². The molecule has 0 aliphatic heterocycles. The Labute approximate surface area is 133 Å². The number of alkyl halides is 1. The quantitative estimate of drug-likeness (QED) is 0.487. The van der Waals surface area contributed by atoms with E-state index in [9.17, 15) is 0 Å². The average Bonchev–Trinajstić information content (AvgIpc) is 2.35. The molecular formula is C15H13Br3. The van der Waals surface area contributed by atoms with Crippen molar-refractivity contribution >= 4 is 47.8 Å². The third-order valence-corrected chi connectivity index (χ3v) is 5.29. The number of aryl methyl sites for hydroxylation is 2. The van der Waals surface area contributed by atoms with E-state index >= 15 is 0 Å². The summed E-state index contributed by atoms with van der Waals surface area (Å²) in [6.45, 7) is 4.28. The summed E-state index contributed by atoms with van der Waals surface area (Å²) < 4.78 is 2.21. The predicted octanol–water partition coefficient (Wildman–Crippen LogP) is 6.31. The third-order valence-electron chi connectivity index (χ3n) is 3.05. The van der Waals surface area contributed by atoms with Crippen molar-refractivity contribution in [1.82, 2.24) is 0 Å². The van der Waals surface area contributed by atoms with Crippen molar-refractivity contribution in [1.29, 1.82) is 0 Å². The molecule has 0 aliphatic rings. The summed E-state index contributed by atoms with van der Waals surface area (Å²) in [6.07, 6.45) is 0. The second kappa shape index (κ2) is 5.89. The Hall–Kier alpha value is -0.120. The molecule has 0 radical (unpaired) electrons. The van der Waals surface area contributed by atoms with Crippen molar-refractivity contribution in [2.45, 2.75) is 18.7 Å². The minimum atomic E-state index is 0.198. The molecule has 0 saturated carbocycles. The smallest absolute Gasteiger partial charge is 0.0656 e. The van der Waals surface area contributed by atoms with Gasteiger partial charge in [-0.25, -0.2) is 0 Å². The summed E-state index contributed by atoms with van der Waals surface area (Å²) in [5.74, 6) is 0. The molecule has 1 unspecified atom stereocenters. The van der Waals surface area contributed by atoms with Crippen LogP contribution in [0.15, 0.2) is 45.3 Å². The first-order valence-electron chi connectivity index (χ1n) is 5.65. The van der Waals surface area contributed by atoms with Gasteiger partial charge < -0.3 is 0 Å². The van der Waals surface area contributed by atoms with E-state index < -0.39 is 0 Å². The zero-order chi connectivity index (χ0) is 13.3. The highest BCUT2D eigenvalue weighted by molar-refractivity contribution is 9.11. The van der Waals surface area contributed by atoms with Crippen molar-refractivity contribution in [3.8, 4) is 0 Å². The summed E-state index contributed by atoms with van der Waals surface area (Å²) in [5.41, 5.74) is 5.15. The Bertz CT molecular complexity index is 576. The first-order chi connectivity index (χ1) is 8.49. The lowest BCUT2D eigenvalue weighted by Gasteiger charge is -2.14. The molecule has 1 atom stereocenters. The minimum Gasteiger partial charge on any atom is -0.0786 e. The van der Waals surface area contributed by atoms with E-state index in [1.165, 1.54) is 22.3 Å². The zero-order valence-electron chi connectivity index (χ0n) is 10.2. The van der Waals surface area contributed by atoms with Gasteiger partial charge in [0.2, 0.25) is 0 Å². The first kappa shape index (κ1) is 14.3. The number of hydrogen-bond acceptors (Lipinski definition) is 0. The maximum atomic E-state index is 3.79. The highest BCUT2D eigenvalue weighted by Crippen LogP contribution is 2.37. The molecule has 0 aromatic heterocycles. The van der Waals surface area contributed by atoms with Crippen LogP contribution in [-0.2, 0) is 0 Å². The summed E-state index contributed by atoms with van der Waals surface area (Å²) in [7, 11) is 0. The first-order valence-corrected chi connectivity index (χ1v) is 8.15. The fourth-order valence-corrected chi connectivity index (χ4v) is 3.64. The van der Waals surface area contributed by atoms with Crippen molar-refractivity contribution in [2.24, 2.45) is 0 Å². The van der Waals surface area contributed by atoms with Gasteiger partial charge in [0, 0.05) is 8.95 Å². The number of halogens is 3. The SMILES string of the molecule is Cc1ccc(C(Br)c2cc(Br)ccc2Br)cc1C. The second-order valence-corrected chi connectivity index (χ2v) is 7.06. The van der Waals surface area contributed by atoms with E-state index in [1.54, 1.807) is 0 Å². The monoisotopic (exact) mass is 430 g/mol. The van der Waals surface area contributed by atoms with Crippen LogP contribution >= 0.6 is 47.8 Å². The van der Waals surface area contributed by atoms with Crippen molar-refractivity contribution in [3.05, 3.63) is 67.6 Å². The van der Waals surface area contributed by atoms with Gasteiger partial charge in [0.15, 0.2) is 0 Å². The molecule has 0 bridgehead atoms. The second-order valence-electron chi connectivity index (χ2n) is 4.37. The Morgan fingerprint density at radius 2 is 1.61 bits per heavy atom. The van der Waals surface area contributed by atoms with Crippen LogP contribution in [0, 0.1) is 13.8 Å². The average molecular weight is 433 g/mol. The number of benzene rings is 2. The molecule has 0 amide bonds. The highest BCUT2D eigenvalue weighted by Gasteiger charge is 2.14. The molecule has 2 aromatic rings. The largest absolute Gasteiger partial charge is 0.0786 e. The minimum absolute atomic E-state index is 0.198. The van der Waals surface area contributed by atoms with Crippen LogP contribution in [0.5, 0.6) is 0 Å². The predicted molar refractivity (Wildman–Crippen MR) is 88.5 cm³/mol. The summed E-state index contributed by atoms with van der Waals surface area (Å²) in [5, 5.41) is 0. The Balaban J connectivity index is 2.44. The van der Waals surface area contributed by atoms with E-state index in [-0.39, 0.29) is 4.83 Å². The van der Waals surface area contributed by atoms with Crippen LogP contribution in [-0.4, -0.2) is 0 Å². The maximum Gasteiger partial charge on any atom is 0.0656 e. The molecule has 0 nitrogen and oxygen atoms in total. The van der Waals surface area contributed by atoms with Crippen molar-refractivity contribution in [3.63, 3.8) is 0 Å². The molecule has 0 spiro atoms. The third kappa shape index (κ3) is 3.06. The van der Waals surface area contributed by atoms with E-state index in [1.807, 2.05) is 6.07 Å². The van der Waals surface area contributed by atoms with Crippen molar-refractivity contribution < 1.29 is 0 Å². The molecule has 0 fully saturated rings. The Kier molecular flexibility index (Phi) is 4.68.